The van der Waals surface area contributed by atoms with E-state index in [2.05, 4.69) is 0 Å². The fraction of sp³-hybridized carbons (Fsp3) is 0.375. The van der Waals surface area contributed by atoms with Gasteiger partial charge in [0.1, 0.15) is 0 Å². The molecule has 2 N–H and O–H groups in total. The number of carbonyl (C=O) groups excluding carboxylic acids is 2. The quantitative estimate of drug-likeness (QED) is 0.422. The van der Waals surface area contributed by atoms with E-state index >= 15 is 0 Å². The maximum Gasteiger partial charge on any atom is 0.253 e. The van der Waals surface area contributed by atoms with Gasteiger partial charge in [0.25, 0.3) is 5.91 Å². The molecule has 5 heteroatoms. The number of hydrogen-bond acceptors (Lipinski definition) is 4. The first kappa shape index (κ1) is 17.1. The van der Waals surface area contributed by atoms with Crippen molar-refractivity contribution in [2.75, 3.05) is 27.4 Å². The highest BCUT2D eigenvalue weighted by Crippen LogP contribution is 2.26. The third-order valence-electron chi connectivity index (χ3n) is 3.12. The lowest BCUT2D eigenvalue weighted by Crippen LogP contribution is -2.17. The molecule has 1 amide bonds. The number of primary amides is 1. The predicted octanol–water partition coefficient (Wildman–Crippen LogP) is 1.26. The van der Waals surface area contributed by atoms with Crippen LogP contribution in [0.5, 0.6) is 0 Å². The topological polar surface area (TPSA) is 78.6 Å². The lowest BCUT2D eigenvalue weighted by atomic mass is 9.92. The Morgan fingerprint density at radius 1 is 1.19 bits per heavy atom. The molecule has 0 aliphatic carbocycles. The first-order valence-electron chi connectivity index (χ1n) is 6.63. The van der Waals surface area contributed by atoms with Crippen molar-refractivity contribution in [2.45, 2.75) is 12.8 Å². The number of carbonyl (C=O) groups is 1. The number of methoxy groups -OCH3 is 2. The average molecular weight is 290 g/mol. The van der Waals surface area contributed by atoms with Crippen molar-refractivity contribution in [3.05, 3.63) is 41.0 Å². The van der Waals surface area contributed by atoms with Crippen molar-refractivity contribution in [1.29, 1.82) is 0 Å². The monoisotopic (exact) mass is 290 g/mol. The summed E-state index contributed by atoms with van der Waals surface area (Å²) < 4.78 is 10.1. The van der Waals surface area contributed by atoms with Gasteiger partial charge in [-0.25, -0.2) is 0 Å². The Labute approximate surface area is 124 Å². The first-order chi connectivity index (χ1) is 10.2. The Morgan fingerprint density at radius 2 is 1.86 bits per heavy atom. The number of benzene rings is 1. The molecule has 0 spiro atoms. The summed E-state index contributed by atoms with van der Waals surface area (Å²) in [4.78, 5) is 22.6. The smallest absolute Gasteiger partial charge is 0.253 e. The van der Waals surface area contributed by atoms with Crippen molar-refractivity contribution in [2.24, 2.45) is 5.73 Å². The van der Waals surface area contributed by atoms with Gasteiger partial charge in [0.2, 0.25) is 6.29 Å². The van der Waals surface area contributed by atoms with Gasteiger partial charge in [0.15, 0.2) is 0 Å². The van der Waals surface area contributed by atoms with Crippen LogP contribution < -0.4 is 5.73 Å². The second-order valence-electron chi connectivity index (χ2n) is 4.46. The zero-order valence-electron chi connectivity index (χ0n) is 12.3. The van der Waals surface area contributed by atoms with Gasteiger partial charge in [-0.3, -0.25) is 9.59 Å². The van der Waals surface area contributed by atoms with Crippen molar-refractivity contribution < 1.29 is 19.1 Å². The molecule has 0 saturated heterocycles. The van der Waals surface area contributed by atoms with Gasteiger partial charge in [-0.05, 0) is 29.5 Å². The molecule has 1 aromatic carbocycles. The fourth-order valence-corrected chi connectivity index (χ4v) is 2.10. The molecule has 1 aromatic rings. The Bertz CT molecular complexity index is 523. The standard InChI is InChI=1S/C16H20NO4/c1-20-9-7-12-5-3-4-6-13(12)14(8-10-21-2)15(11-18)16(17)19/h3-6H,7-10H2,1-2H3,(H2,17,19). The van der Waals surface area contributed by atoms with Crippen LogP contribution in [0.25, 0.3) is 5.57 Å². The van der Waals surface area contributed by atoms with Crippen molar-refractivity contribution in [1.82, 2.24) is 0 Å². The van der Waals surface area contributed by atoms with E-state index in [9.17, 15) is 9.59 Å². The Hall–Kier alpha value is -1.98. The van der Waals surface area contributed by atoms with E-state index in [-0.39, 0.29) is 5.57 Å². The van der Waals surface area contributed by atoms with Crippen LogP contribution in [0.3, 0.4) is 0 Å². The predicted molar refractivity (Wildman–Crippen MR) is 80.3 cm³/mol. The Morgan fingerprint density at radius 3 is 2.43 bits per heavy atom. The van der Waals surface area contributed by atoms with Gasteiger partial charge in [-0.2, -0.15) is 0 Å². The van der Waals surface area contributed by atoms with Crippen molar-refractivity contribution in [3.8, 4) is 0 Å². The maximum atomic E-state index is 11.5. The second-order valence-corrected chi connectivity index (χ2v) is 4.46. The van der Waals surface area contributed by atoms with Crippen LogP contribution in [0.1, 0.15) is 17.5 Å². The van der Waals surface area contributed by atoms with Crippen molar-refractivity contribution >= 4 is 17.8 Å². The van der Waals surface area contributed by atoms with E-state index < -0.39 is 5.91 Å². The maximum absolute atomic E-state index is 11.5. The van der Waals surface area contributed by atoms with Crippen LogP contribution >= 0.6 is 0 Å². The molecule has 21 heavy (non-hydrogen) atoms. The highest BCUT2D eigenvalue weighted by atomic mass is 16.5. The molecule has 0 bridgehead atoms. The summed E-state index contributed by atoms with van der Waals surface area (Å²) in [5.41, 5.74) is 7.51. The molecular formula is C16H20NO4. The number of nitrogens with two attached hydrogens (primary N) is 1. The van der Waals surface area contributed by atoms with Gasteiger partial charge >= 0.3 is 0 Å². The van der Waals surface area contributed by atoms with Crippen LogP contribution in [0.15, 0.2) is 29.8 Å². The zero-order valence-corrected chi connectivity index (χ0v) is 12.3. The Kier molecular flexibility index (Phi) is 7.36. The van der Waals surface area contributed by atoms with Gasteiger partial charge in [-0.1, -0.05) is 24.3 Å². The van der Waals surface area contributed by atoms with Crippen molar-refractivity contribution in [3.63, 3.8) is 0 Å². The van der Waals surface area contributed by atoms with E-state index in [1.54, 1.807) is 20.5 Å². The van der Waals surface area contributed by atoms with Gasteiger partial charge in [0, 0.05) is 14.2 Å². The first-order valence-corrected chi connectivity index (χ1v) is 6.63. The number of hydrogen-bond donors (Lipinski definition) is 1. The van der Waals surface area contributed by atoms with Crippen LogP contribution in [-0.2, 0) is 25.5 Å². The minimum atomic E-state index is -0.780. The Balaban J connectivity index is 3.32. The second kappa shape index (κ2) is 9.05. The van der Waals surface area contributed by atoms with Crippen LogP contribution in [0.2, 0.25) is 0 Å². The van der Waals surface area contributed by atoms with E-state index in [4.69, 9.17) is 15.2 Å². The highest BCUT2D eigenvalue weighted by Gasteiger charge is 2.17. The van der Waals surface area contributed by atoms with E-state index in [0.29, 0.717) is 31.6 Å². The molecular weight excluding hydrogens is 270 g/mol. The molecule has 113 valence electrons. The zero-order chi connectivity index (χ0) is 15.7. The molecule has 1 rings (SSSR count). The third kappa shape index (κ3) is 4.81. The molecule has 5 nitrogen and oxygen atoms in total. The van der Waals surface area contributed by atoms with Crippen LogP contribution in [-0.4, -0.2) is 39.6 Å². The van der Waals surface area contributed by atoms with E-state index in [0.717, 1.165) is 11.1 Å². The summed E-state index contributed by atoms with van der Waals surface area (Å²) in [5.74, 6) is -0.780. The van der Waals surface area contributed by atoms with Gasteiger partial charge in [0.05, 0.1) is 18.8 Å². The van der Waals surface area contributed by atoms with Gasteiger partial charge in [-0.15, -0.1) is 0 Å². The highest BCUT2D eigenvalue weighted by molar-refractivity contribution is 6.16. The molecule has 0 saturated carbocycles. The lowest BCUT2D eigenvalue weighted by molar-refractivity contribution is -0.114. The lowest BCUT2D eigenvalue weighted by Gasteiger charge is -2.14. The number of ether oxygens (including phenoxy) is 2. The summed E-state index contributed by atoms with van der Waals surface area (Å²) >= 11 is 0. The normalized spacial score (nSPS) is 11.9. The molecule has 0 aliphatic heterocycles. The summed E-state index contributed by atoms with van der Waals surface area (Å²) in [7, 11) is 3.18. The summed E-state index contributed by atoms with van der Waals surface area (Å²) in [6.45, 7) is 0.928. The summed E-state index contributed by atoms with van der Waals surface area (Å²) in [6.07, 6.45) is 2.75. The number of rotatable bonds is 9. The molecule has 0 unspecified atom stereocenters. The summed E-state index contributed by atoms with van der Waals surface area (Å²) in [5, 5.41) is 0. The molecule has 0 heterocycles. The van der Waals surface area contributed by atoms with E-state index in [1.807, 2.05) is 24.3 Å². The summed E-state index contributed by atoms with van der Waals surface area (Å²) in [6, 6.07) is 7.54. The minimum Gasteiger partial charge on any atom is -0.384 e. The number of amides is 1. The SMILES string of the molecule is COCCC(=C([C]=O)C(N)=O)c1ccccc1CCOC. The molecule has 1 radical (unpaired) electrons. The molecule has 0 aromatic heterocycles. The van der Waals surface area contributed by atoms with Gasteiger partial charge < -0.3 is 15.2 Å². The van der Waals surface area contributed by atoms with Crippen LogP contribution in [0.4, 0.5) is 0 Å². The average Bonchev–Trinajstić information content (AvgIpc) is 2.49. The molecule has 0 fully saturated rings. The largest absolute Gasteiger partial charge is 0.384 e. The molecule has 0 atom stereocenters. The minimum absolute atomic E-state index is 0.128. The fourth-order valence-electron chi connectivity index (χ4n) is 2.10. The van der Waals surface area contributed by atoms with E-state index in [1.165, 1.54) is 0 Å². The third-order valence-corrected chi connectivity index (χ3v) is 3.12. The molecule has 0 aliphatic rings. The van der Waals surface area contributed by atoms with Crippen LogP contribution in [0, 0.1) is 0 Å².